The standard InChI is InChI=1S/C23H23Cl2NO3/c1-28-22-12-17(13-26-14-21(27)18-5-3-2-4-6-18)11-20(25)23(22)29-15-16-7-9-19(24)10-8-16/h2-12,21,26-27H,13-15H2,1H3/t21-/m0/s1. The van der Waals surface area contributed by atoms with Crippen LogP contribution < -0.4 is 14.8 Å². The van der Waals surface area contributed by atoms with Gasteiger partial charge >= 0.3 is 0 Å². The lowest BCUT2D eigenvalue weighted by Gasteiger charge is -2.16. The number of hydrogen-bond acceptors (Lipinski definition) is 4. The number of ether oxygens (including phenoxy) is 2. The van der Waals surface area contributed by atoms with Gasteiger partial charge in [-0.3, -0.25) is 0 Å². The first-order valence-electron chi connectivity index (χ1n) is 9.24. The first-order chi connectivity index (χ1) is 14.1. The summed E-state index contributed by atoms with van der Waals surface area (Å²) in [7, 11) is 1.58. The molecule has 0 bridgehead atoms. The van der Waals surface area contributed by atoms with E-state index in [4.69, 9.17) is 32.7 Å². The number of rotatable bonds is 9. The van der Waals surface area contributed by atoms with Crippen molar-refractivity contribution in [3.8, 4) is 11.5 Å². The second kappa shape index (κ2) is 10.5. The maximum atomic E-state index is 10.3. The van der Waals surface area contributed by atoms with Crippen LogP contribution in [0, 0.1) is 0 Å². The summed E-state index contributed by atoms with van der Waals surface area (Å²) in [5.74, 6) is 1.06. The van der Waals surface area contributed by atoms with E-state index in [1.807, 2.05) is 66.7 Å². The summed E-state index contributed by atoms with van der Waals surface area (Å²) in [6.45, 7) is 1.32. The van der Waals surface area contributed by atoms with Crippen LogP contribution in [0.3, 0.4) is 0 Å². The molecule has 2 N–H and O–H groups in total. The predicted molar refractivity (Wildman–Crippen MR) is 117 cm³/mol. The fourth-order valence-corrected chi connectivity index (χ4v) is 3.31. The van der Waals surface area contributed by atoms with Crippen molar-refractivity contribution in [2.24, 2.45) is 0 Å². The fourth-order valence-electron chi connectivity index (χ4n) is 2.90. The summed E-state index contributed by atoms with van der Waals surface area (Å²) in [5.41, 5.74) is 2.79. The monoisotopic (exact) mass is 431 g/mol. The zero-order valence-corrected chi connectivity index (χ0v) is 17.6. The lowest BCUT2D eigenvalue weighted by molar-refractivity contribution is 0.174. The molecule has 0 saturated heterocycles. The van der Waals surface area contributed by atoms with Gasteiger partial charge in [-0.2, -0.15) is 0 Å². The van der Waals surface area contributed by atoms with Crippen molar-refractivity contribution in [3.05, 3.63) is 93.5 Å². The molecule has 4 nitrogen and oxygen atoms in total. The smallest absolute Gasteiger partial charge is 0.180 e. The Morgan fingerprint density at radius 1 is 0.966 bits per heavy atom. The quantitative estimate of drug-likeness (QED) is 0.475. The molecular formula is C23H23Cl2NO3. The van der Waals surface area contributed by atoms with Gasteiger partial charge in [-0.1, -0.05) is 65.7 Å². The van der Waals surface area contributed by atoms with Crippen molar-refractivity contribution in [2.75, 3.05) is 13.7 Å². The molecule has 0 amide bonds. The molecule has 0 spiro atoms. The number of aliphatic hydroxyl groups is 1. The Morgan fingerprint density at radius 2 is 1.69 bits per heavy atom. The molecule has 0 aliphatic heterocycles. The van der Waals surface area contributed by atoms with Gasteiger partial charge in [-0.05, 0) is 41.0 Å². The first kappa shape index (κ1) is 21.5. The van der Waals surface area contributed by atoms with E-state index in [9.17, 15) is 5.11 Å². The van der Waals surface area contributed by atoms with E-state index in [1.54, 1.807) is 7.11 Å². The number of benzene rings is 3. The van der Waals surface area contributed by atoms with Gasteiger partial charge in [0.25, 0.3) is 0 Å². The molecule has 0 aromatic heterocycles. The number of hydrogen-bond donors (Lipinski definition) is 2. The summed E-state index contributed by atoms with van der Waals surface area (Å²) < 4.78 is 11.3. The Balaban J connectivity index is 1.60. The molecule has 3 rings (SSSR count). The van der Waals surface area contributed by atoms with Crippen LogP contribution in [0.25, 0.3) is 0 Å². The summed E-state index contributed by atoms with van der Waals surface area (Å²) in [5, 5.41) is 14.6. The molecule has 29 heavy (non-hydrogen) atoms. The van der Waals surface area contributed by atoms with Crippen LogP contribution in [0.15, 0.2) is 66.7 Å². The summed E-state index contributed by atoms with van der Waals surface area (Å²) >= 11 is 12.4. The van der Waals surface area contributed by atoms with Crippen LogP contribution >= 0.6 is 23.2 Å². The number of halogens is 2. The average Bonchev–Trinajstić information content (AvgIpc) is 2.74. The van der Waals surface area contributed by atoms with Crippen molar-refractivity contribution in [1.82, 2.24) is 5.32 Å². The maximum absolute atomic E-state index is 10.3. The first-order valence-corrected chi connectivity index (χ1v) is 10.00. The van der Waals surface area contributed by atoms with Crippen LogP contribution in [-0.2, 0) is 13.2 Å². The average molecular weight is 432 g/mol. The molecular weight excluding hydrogens is 409 g/mol. The second-order valence-electron chi connectivity index (χ2n) is 6.58. The van der Waals surface area contributed by atoms with Gasteiger partial charge in [0.1, 0.15) is 6.61 Å². The van der Waals surface area contributed by atoms with Gasteiger partial charge in [0.15, 0.2) is 11.5 Å². The minimum absolute atomic E-state index is 0.355. The Hall–Kier alpha value is -2.24. The summed E-state index contributed by atoms with van der Waals surface area (Å²) in [6, 6.07) is 20.7. The van der Waals surface area contributed by atoms with Gasteiger partial charge < -0.3 is 19.9 Å². The van der Waals surface area contributed by atoms with Crippen molar-refractivity contribution in [1.29, 1.82) is 0 Å². The molecule has 0 fully saturated rings. The van der Waals surface area contributed by atoms with Gasteiger partial charge in [0, 0.05) is 18.1 Å². The third kappa shape index (κ3) is 6.12. The van der Waals surface area contributed by atoms with E-state index in [1.165, 1.54) is 0 Å². The third-order valence-corrected chi connectivity index (χ3v) is 4.97. The molecule has 0 radical (unpaired) electrons. The second-order valence-corrected chi connectivity index (χ2v) is 7.43. The Labute approximate surface area is 181 Å². The Bertz CT molecular complexity index is 917. The van der Waals surface area contributed by atoms with Crippen molar-refractivity contribution >= 4 is 23.2 Å². The number of methoxy groups -OCH3 is 1. The molecule has 6 heteroatoms. The van der Waals surface area contributed by atoms with Gasteiger partial charge in [-0.25, -0.2) is 0 Å². The molecule has 3 aromatic rings. The lowest BCUT2D eigenvalue weighted by Crippen LogP contribution is -2.21. The minimum Gasteiger partial charge on any atom is -0.493 e. The van der Waals surface area contributed by atoms with Crippen molar-refractivity contribution in [2.45, 2.75) is 19.3 Å². The fraction of sp³-hybridized carbons (Fsp3) is 0.217. The summed E-state index contributed by atoms with van der Waals surface area (Å²) in [6.07, 6.45) is -0.574. The van der Waals surface area contributed by atoms with E-state index in [0.717, 1.165) is 16.7 Å². The topological polar surface area (TPSA) is 50.7 Å². The van der Waals surface area contributed by atoms with Crippen LogP contribution in [0.5, 0.6) is 11.5 Å². The van der Waals surface area contributed by atoms with Crippen LogP contribution in [0.2, 0.25) is 10.0 Å². The van der Waals surface area contributed by atoms with Crippen LogP contribution in [0.4, 0.5) is 0 Å². The zero-order chi connectivity index (χ0) is 20.6. The SMILES string of the molecule is COc1cc(CNC[C@H](O)c2ccccc2)cc(Cl)c1OCc1ccc(Cl)cc1. The highest BCUT2D eigenvalue weighted by atomic mass is 35.5. The number of nitrogens with one attached hydrogen (secondary N) is 1. The van der Waals surface area contributed by atoms with Crippen LogP contribution in [-0.4, -0.2) is 18.8 Å². The van der Waals surface area contributed by atoms with Gasteiger partial charge in [-0.15, -0.1) is 0 Å². The van der Waals surface area contributed by atoms with Crippen LogP contribution in [0.1, 0.15) is 22.8 Å². The molecule has 0 aliphatic rings. The molecule has 0 aliphatic carbocycles. The molecule has 3 aromatic carbocycles. The number of aliphatic hydroxyl groups excluding tert-OH is 1. The Kier molecular flexibility index (Phi) is 7.78. The molecule has 1 atom stereocenters. The van der Waals surface area contributed by atoms with Crippen molar-refractivity contribution < 1.29 is 14.6 Å². The van der Waals surface area contributed by atoms with E-state index >= 15 is 0 Å². The van der Waals surface area contributed by atoms with E-state index in [2.05, 4.69) is 5.32 Å². The predicted octanol–water partition coefficient (Wildman–Crippen LogP) is 5.40. The lowest BCUT2D eigenvalue weighted by atomic mass is 10.1. The molecule has 0 unspecified atom stereocenters. The maximum Gasteiger partial charge on any atom is 0.180 e. The largest absolute Gasteiger partial charge is 0.493 e. The van der Waals surface area contributed by atoms with E-state index < -0.39 is 6.10 Å². The van der Waals surface area contributed by atoms with E-state index in [-0.39, 0.29) is 0 Å². The molecule has 0 saturated carbocycles. The highest BCUT2D eigenvalue weighted by Gasteiger charge is 2.13. The minimum atomic E-state index is -0.574. The Morgan fingerprint density at radius 3 is 2.38 bits per heavy atom. The highest BCUT2D eigenvalue weighted by molar-refractivity contribution is 6.32. The highest BCUT2D eigenvalue weighted by Crippen LogP contribution is 2.37. The summed E-state index contributed by atoms with van der Waals surface area (Å²) in [4.78, 5) is 0. The van der Waals surface area contributed by atoms with Gasteiger partial charge in [0.2, 0.25) is 0 Å². The molecule has 0 heterocycles. The van der Waals surface area contributed by atoms with Crippen molar-refractivity contribution in [3.63, 3.8) is 0 Å². The normalized spacial score (nSPS) is 11.9. The van der Waals surface area contributed by atoms with Gasteiger partial charge in [0.05, 0.1) is 18.2 Å². The zero-order valence-electron chi connectivity index (χ0n) is 16.1. The molecule has 152 valence electrons. The third-order valence-electron chi connectivity index (χ3n) is 4.44. The van der Waals surface area contributed by atoms with E-state index in [0.29, 0.717) is 41.2 Å².